The highest BCUT2D eigenvalue weighted by atomic mass is 16.6. The summed E-state index contributed by atoms with van der Waals surface area (Å²) < 4.78 is 0. The predicted octanol–water partition coefficient (Wildman–Crippen LogP) is 2.46. The monoisotopic (exact) mass is 318 g/mol. The average Bonchev–Trinajstić information content (AvgIpc) is 2.46. The molecule has 23 heavy (non-hydrogen) atoms. The van der Waals surface area contributed by atoms with Crippen molar-refractivity contribution in [1.82, 2.24) is 4.98 Å². The first-order valence-electron chi connectivity index (χ1n) is 6.71. The Labute approximate surface area is 130 Å². The molecular weight excluding hydrogens is 304 g/mol. The first-order chi connectivity index (χ1) is 10.7. The summed E-state index contributed by atoms with van der Waals surface area (Å²) in [4.78, 5) is 37.1. The minimum absolute atomic E-state index is 0.000972. The molecule has 0 saturated carbocycles. The maximum atomic E-state index is 11.5. The third-order valence-electron chi connectivity index (χ3n) is 3.85. The Morgan fingerprint density at radius 3 is 2.48 bits per heavy atom. The molecule has 1 aromatic heterocycles. The molecule has 0 amide bonds. The number of aromatic nitrogens is 1. The van der Waals surface area contributed by atoms with Gasteiger partial charge in [0.05, 0.1) is 34.1 Å². The van der Waals surface area contributed by atoms with Crippen LogP contribution in [0.15, 0.2) is 35.2 Å². The van der Waals surface area contributed by atoms with Gasteiger partial charge in [0, 0.05) is 11.8 Å². The number of aromatic carboxylic acids is 2. The molecule has 1 heterocycles. The van der Waals surface area contributed by atoms with Crippen LogP contribution in [-0.2, 0) is 0 Å². The van der Waals surface area contributed by atoms with Crippen molar-refractivity contribution >= 4 is 11.9 Å². The van der Waals surface area contributed by atoms with E-state index in [1.54, 1.807) is 19.9 Å². The first kappa shape index (κ1) is 16.3. The second-order valence-electron chi connectivity index (χ2n) is 5.24. The molecule has 1 aliphatic carbocycles. The third-order valence-corrected chi connectivity index (χ3v) is 3.85. The Morgan fingerprint density at radius 2 is 1.96 bits per heavy atom. The van der Waals surface area contributed by atoms with Gasteiger partial charge in [0.1, 0.15) is 0 Å². The number of nitro groups is 1. The molecular formula is C15H14N2O6. The molecule has 0 unspecified atom stereocenters. The molecule has 0 aromatic carbocycles. The van der Waals surface area contributed by atoms with Crippen LogP contribution >= 0.6 is 0 Å². The van der Waals surface area contributed by atoms with Gasteiger partial charge in [-0.1, -0.05) is 11.6 Å². The Morgan fingerprint density at radius 1 is 1.30 bits per heavy atom. The van der Waals surface area contributed by atoms with Crippen LogP contribution in [0.4, 0.5) is 0 Å². The van der Waals surface area contributed by atoms with Crippen LogP contribution in [0.2, 0.25) is 0 Å². The molecule has 2 N–H and O–H groups in total. The van der Waals surface area contributed by atoms with Gasteiger partial charge in [-0.15, -0.1) is 0 Å². The maximum absolute atomic E-state index is 11.5. The van der Waals surface area contributed by atoms with Crippen molar-refractivity contribution in [3.05, 3.63) is 62.1 Å². The SMILES string of the molecule is CC1=CCC([N+](=O)[O-])=C(C)[C@H]1c1ncc(C(=O)O)cc1C(=O)O. The Balaban J connectivity index is 2.66. The Bertz CT molecular complexity index is 778. The molecule has 0 aliphatic heterocycles. The topological polar surface area (TPSA) is 131 Å². The summed E-state index contributed by atoms with van der Waals surface area (Å²) >= 11 is 0. The van der Waals surface area contributed by atoms with Gasteiger partial charge in [-0.3, -0.25) is 15.1 Å². The third kappa shape index (κ3) is 2.96. The van der Waals surface area contributed by atoms with Crippen LogP contribution in [0.25, 0.3) is 0 Å². The fraction of sp³-hybridized carbons (Fsp3) is 0.267. The lowest BCUT2D eigenvalue weighted by atomic mass is 9.81. The van der Waals surface area contributed by atoms with Gasteiger partial charge >= 0.3 is 11.9 Å². The molecule has 1 aromatic rings. The van der Waals surface area contributed by atoms with Crippen LogP contribution in [0, 0.1) is 10.1 Å². The van der Waals surface area contributed by atoms with E-state index in [0.717, 1.165) is 17.8 Å². The highest BCUT2D eigenvalue weighted by Gasteiger charge is 2.32. The van der Waals surface area contributed by atoms with Gasteiger partial charge < -0.3 is 10.2 Å². The quantitative estimate of drug-likeness (QED) is 0.495. The highest BCUT2D eigenvalue weighted by molar-refractivity contribution is 5.94. The smallest absolute Gasteiger partial charge is 0.337 e. The van der Waals surface area contributed by atoms with Crippen LogP contribution < -0.4 is 0 Å². The Kier molecular flexibility index (Phi) is 4.26. The predicted molar refractivity (Wildman–Crippen MR) is 79.0 cm³/mol. The number of nitrogens with zero attached hydrogens (tertiary/aromatic N) is 2. The fourth-order valence-corrected chi connectivity index (χ4v) is 2.68. The highest BCUT2D eigenvalue weighted by Crippen LogP contribution is 2.38. The van der Waals surface area contributed by atoms with Crippen molar-refractivity contribution in [3.63, 3.8) is 0 Å². The minimum Gasteiger partial charge on any atom is -0.478 e. The van der Waals surface area contributed by atoms with Crippen LogP contribution in [0.1, 0.15) is 52.6 Å². The number of carboxylic acid groups (broad SMARTS) is 2. The molecule has 8 heteroatoms. The molecule has 1 atom stereocenters. The summed E-state index contributed by atoms with van der Waals surface area (Å²) in [6.45, 7) is 3.31. The number of pyridine rings is 1. The van der Waals surface area contributed by atoms with E-state index in [2.05, 4.69) is 4.98 Å². The van der Waals surface area contributed by atoms with Crippen LogP contribution in [0.3, 0.4) is 0 Å². The number of carbonyl (C=O) groups is 2. The van der Waals surface area contributed by atoms with Crippen molar-refractivity contribution in [2.75, 3.05) is 0 Å². The maximum Gasteiger partial charge on any atom is 0.337 e. The van der Waals surface area contributed by atoms with Gasteiger partial charge in [-0.2, -0.15) is 0 Å². The molecule has 0 radical (unpaired) electrons. The zero-order valence-electron chi connectivity index (χ0n) is 12.4. The number of hydrogen-bond acceptors (Lipinski definition) is 5. The Hall–Kier alpha value is -3.03. The summed E-state index contributed by atoms with van der Waals surface area (Å²) in [6, 6.07) is 1.02. The van der Waals surface area contributed by atoms with Crippen molar-refractivity contribution in [2.24, 2.45) is 0 Å². The van der Waals surface area contributed by atoms with E-state index < -0.39 is 22.8 Å². The van der Waals surface area contributed by atoms with Gasteiger partial charge in [0.2, 0.25) is 5.70 Å². The number of allylic oxidation sites excluding steroid dienone is 3. The van der Waals surface area contributed by atoms with Crippen molar-refractivity contribution in [2.45, 2.75) is 26.2 Å². The molecule has 8 nitrogen and oxygen atoms in total. The summed E-state index contributed by atoms with van der Waals surface area (Å²) in [5, 5.41) is 29.4. The minimum atomic E-state index is -1.33. The van der Waals surface area contributed by atoms with Gasteiger partial charge in [0.25, 0.3) is 0 Å². The van der Waals surface area contributed by atoms with E-state index in [1.807, 2.05) is 0 Å². The second kappa shape index (κ2) is 5.99. The van der Waals surface area contributed by atoms with E-state index in [1.165, 1.54) is 0 Å². The van der Waals surface area contributed by atoms with Crippen LogP contribution in [0.5, 0.6) is 0 Å². The van der Waals surface area contributed by atoms with Crippen molar-refractivity contribution < 1.29 is 24.7 Å². The standard InChI is InChI=1S/C15H14N2O6/c1-7-3-4-11(17(22)23)8(2)12(7)13-10(15(20)21)5-9(6-16-13)14(18)19/h3,5-6,12H,4H2,1-2H3,(H,18,19)(H,20,21)/t12-/m0/s1. The van der Waals surface area contributed by atoms with E-state index in [0.29, 0.717) is 5.57 Å². The van der Waals surface area contributed by atoms with Crippen molar-refractivity contribution in [1.29, 1.82) is 0 Å². The largest absolute Gasteiger partial charge is 0.478 e. The summed E-state index contributed by atoms with van der Waals surface area (Å²) in [6.07, 6.45) is 2.89. The molecule has 2 rings (SSSR count). The van der Waals surface area contributed by atoms with Gasteiger partial charge in [0.15, 0.2) is 0 Å². The lowest BCUT2D eigenvalue weighted by Gasteiger charge is -2.23. The molecule has 0 fully saturated rings. The molecule has 0 spiro atoms. The number of hydrogen-bond donors (Lipinski definition) is 2. The van der Waals surface area contributed by atoms with Crippen molar-refractivity contribution in [3.8, 4) is 0 Å². The number of carboxylic acids is 2. The van der Waals surface area contributed by atoms with E-state index in [9.17, 15) is 24.8 Å². The van der Waals surface area contributed by atoms with E-state index in [4.69, 9.17) is 5.11 Å². The second-order valence-corrected chi connectivity index (χ2v) is 5.24. The fourth-order valence-electron chi connectivity index (χ4n) is 2.68. The molecule has 0 saturated heterocycles. The zero-order valence-corrected chi connectivity index (χ0v) is 12.4. The molecule has 1 aliphatic rings. The first-order valence-corrected chi connectivity index (χ1v) is 6.71. The normalized spacial score (nSPS) is 17.7. The number of rotatable bonds is 4. The lowest BCUT2D eigenvalue weighted by molar-refractivity contribution is -0.428. The van der Waals surface area contributed by atoms with Gasteiger partial charge in [-0.25, -0.2) is 9.59 Å². The zero-order chi connectivity index (χ0) is 17.3. The summed E-state index contributed by atoms with van der Waals surface area (Å²) in [5.41, 5.74) is 0.736. The lowest BCUT2D eigenvalue weighted by Crippen LogP contribution is -2.18. The van der Waals surface area contributed by atoms with Crippen LogP contribution in [-0.4, -0.2) is 32.1 Å². The van der Waals surface area contributed by atoms with Gasteiger partial charge in [-0.05, 0) is 19.9 Å². The molecule has 0 bridgehead atoms. The van der Waals surface area contributed by atoms with E-state index in [-0.39, 0.29) is 28.9 Å². The van der Waals surface area contributed by atoms with E-state index >= 15 is 0 Å². The molecule has 120 valence electrons. The summed E-state index contributed by atoms with van der Waals surface area (Å²) in [7, 11) is 0. The average molecular weight is 318 g/mol. The summed E-state index contributed by atoms with van der Waals surface area (Å²) in [5.74, 6) is -3.27.